The van der Waals surface area contributed by atoms with Gasteiger partial charge in [-0.3, -0.25) is 4.57 Å². The molecule has 0 aliphatic carbocycles. The Morgan fingerprint density at radius 3 is 2.52 bits per heavy atom. The number of para-hydroxylation sites is 1. The molecule has 6 heteroatoms. The summed E-state index contributed by atoms with van der Waals surface area (Å²) in [4.78, 5) is 4.15. The van der Waals surface area contributed by atoms with Gasteiger partial charge in [0.15, 0.2) is 0 Å². The molecule has 0 bridgehead atoms. The Morgan fingerprint density at radius 2 is 1.81 bits per heavy atom. The second-order valence-electron chi connectivity index (χ2n) is 4.81. The Morgan fingerprint density at radius 1 is 1.10 bits per heavy atom. The van der Waals surface area contributed by atoms with E-state index in [4.69, 9.17) is 5.73 Å². The van der Waals surface area contributed by atoms with Crippen LogP contribution in [0.2, 0.25) is 0 Å². The SMILES string of the molecule is Cc1ccc2c(c1)nc(N)n2-c1ccccc1C(F)(F)F. The summed E-state index contributed by atoms with van der Waals surface area (Å²) in [5, 5.41) is 0. The first-order valence-corrected chi connectivity index (χ1v) is 6.29. The van der Waals surface area contributed by atoms with Gasteiger partial charge in [-0.2, -0.15) is 13.2 Å². The van der Waals surface area contributed by atoms with Gasteiger partial charge in [0, 0.05) is 0 Å². The molecule has 0 saturated heterocycles. The van der Waals surface area contributed by atoms with Crippen molar-refractivity contribution in [3.05, 3.63) is 53.6 Å². The third-order valence-corrected chi connectivity index (χ3v) is 3.29. The van der Waals surface area contributed by atoms with Gasteiger partial charge in [0.1, 0.15) is 0 Å². The number of halogens is 3. The van der Waals surface area contributed by atoms with Crippen LogP contribution in [0.15, 0.2) is 42.5 Å². The molecule has 3 aromatic rings. The van der Waals surface area contributed by atoms with Gasteiger partial charge in [-0.05, 0) is 36.8 Å². The molecule has 0 aliphatic rings. The van der Waals surface area contributed by atoms with Gasteiger partial charge in [-0.1, -0.05) is 18.2 Å². The number of imidazole rings is 1. The highest BCUT2D eigenvalue weighted by Gasteiger charge is 2.34. The van der Waals surface area contributed by atoms with E-state index in [1.165, 1.54) is 16.7 Å². The number of fused-ring (bicyclic) bond motifs is 1. The van der Waals surface area contributed by atoms with Crippen molar-refractivity contribution in [3.8, 4) is 5.69 Å². The molecule has 2 N–H and O–H groups in total. The zero-order valence-corrected chi connectivity index (χ0v) is 11.1. The fourth-order valence-electron chi connectivity index (χ4n) is 2.37. The molecule has 108 valence electrons. The molecule has 0 radical (unpaired) electrons. The minimum absolute atomic E-state index is 0.0196. The molecular weight excluding hydrogens is 279 g/mol. The summed E-state index contributed by atoms with van der Waals surface area (Å²) < 4.78 is 40.8. The number of hydrogen-bond acceptors (Lipinski definition) is 2. The molecular formula is C15H12F3N3. The van der Waals surface area contributed by atoms with E-state index >= 15 is 0 Å². The summed E-state index contributed by atoms with van der Waals surface area (Å²) in [6.45, 7) is 1.89. The van der Waals surface area contributed by atoms with Gasteiger partial charge < -0.3 is 5.73 Å². The second kappa shape index (κ2) is 4.51. The van der Waals surface area contributed by atoms with Crippen molar-refractivity contribution in [1.29, 1.82) is 0 Å². The van der Waals surface area contributed by atoms with E-state index in [1.54, 1.807) is 18.2 Å². The highest BCUT2D eigenvalue weighted by atomic mass is 19.4. The van der Waals surface area contributed by atoms with Crippen LogP contribution in [-0.2, 0) is 6.18 Å². The van der Waals surface area contributed by atoms with Gasteiger partial charge in [0.2, 0.25) is 5.95 Å². The van der Waals surface area contributed by atoms with Crippen LogP contribution >= 0.6 is 0 Å². The van der Waals surface area contributed by atoms with E-state index in [2.05, 4.69) is 4.98 Å². The van der Waals surface area contributed by atoms with E-state index < -0.39 is 11.7 Å². The lowest BCUT2D eigenvalue weighted by molar-refractivity contribution is -0.137. The maximum Gasteiger partial charge on any atom is 0.418 e. The molecule has 3 nitrogen and oxygen atoms in total. The number of nitrogen functional groups attached to an aromatic ring is 1. The highest BCUT2D eigenvalue weighted by Crippen LogP contribution is 2.36. The van der Waals surface area contributed by atoms with Crippen LogP contribution in [0.1, 0.15) is 11.1 Å². The fraction of sp³-hybridized carbons (Fsp3) is 0.133. The molecule has 1 heterocycles. The lowest BCUT2D eigenvalue weighted by atomic mass is 10.1. The van der Waals surface area contributed by atoms with Crippen molar-refractivity contribution >= 4 is 17.0 Å². The van der Waals surface area contributed by atoms with Crippen LogP contribution in [0, 0.1) is 6.92 Å². The van der Waals surface area contributed by atoms with E-state index in [-0.39, 0.29) is 11.6 Å². The van der Waals surface area contributed by atoms with E-state index in [0.717, 1.165) is 11.6 Å². The summed E-state index contributed by atoms with van der Waals surface area (Å²) in [5.74, 6) is 0.0345. The zero-order chi connectivity index (χ0) is 15.2. The lowest BCUT2D eigenvalue weighted by Gasteiger charge is -2.14. The Balaban J connectivity index is 2.34. The van der Waals surface area contributed by atoms with Crippen LogP contribution in [0.4, 0.5) is 19.1 Å². The van der Waals surface area contributed by atoms with Crippen molar-refractivity contribution in [1.82, 2.24) is 9.55 Å². The predicted molar refractivity (Wildman–Crippen MR) is 75.2 cm³/mol. The first kappa shape index (κ1) is 13.5. The third-order valence-electron chi connectivity index (χ3n) is 3.29. The number of hydrogen-bond donors (Lipinski definition) is 1. The largest absolute Gasteiger partial charge is 0.418 e. The van der Waals surface area contributed by atoms with Crippen LogP contribution in [-0.4, -0.2) is 9.55 Å². The Labute approximate surface area is 118 Å². The standard InChI is InChI=1S/C15H12F3N3/c1-9-6-7-13-11(8-9)20-14(19)21(13)12-5-3-2-4-10(12)15(16,17)18/h2-8H,1H3,(H2,19,20). The molecule has 0 amide bonds. The van der Waals surface area contributed by atoms with Crippen molar-refractivity contribution in [2.45, 2.75) is 13.1 Å². The van der Waals surface area contributed by atoms with Crippen LogP contribution in [0.25, 0.3) is 16.7 Å². The summed E-state index contributed by atoms with van der Waals surface area (Å²) in [6, 6.07) is 10.7. The van der Waals surface area contributed by atoms with Gasteiger partial charge in [-0.15, -0.1) is 0 Å². The van der Waals surface area contributed by atoms with Crippen LogP contribution < -0.4 is 5.73 Å². The number of anilines is 1. The predicted octanol–water partition coefficient (Wildman–Crippen LogP) is 3.93. The Kier molecular flexibility index (Phi) is 2.90. The lowest BCUT2D eigenvalue weighted by Crippen LogP contribution is -2.12. The van der Waals surface area contributed by atoms with Crippen molar-refractivity contribution in [2.75, 3.05) is 5.73 Å². The number of aryl methyl sites for hydroxylation is 1. The zero-order valence-electron chi connectivity index (χ0n) is 11.1. The molecule has 0 fully saturated rings. The molecule has 0 saturated carbocycles. The van der Waals surface area contributed by atoms with Crippen LogP contribution in [0.3, 0.4) is 0 Å². The van der Waals surface area contributed by atoms with E-state index in [1.807, 2.05) is 13.0 Å². The summed E-state index contributed by atoms with van der Waals surface area (Å²) >= 11 is 0. The van der Waals surface area contributed by atoms with Crippen molar-refractivity contribution in [3.63, 3.8) is 0 Å². The minimum atomic E-state index is -4.45. The number of nitrogens with zero attached hydrogens (tertiary/aromatic N) is 2. The smallest absolute Gasteiger partial charge is 0.369 e. The second-order valence-corrected chi connectivity index (χ2v) is 4.81. The van der Waals surface area contributed by atoms with Gasteiger partial charge in [0.05, 0.1) is 22.3 Å². The number of alkyl halides is 3. The molecule has 0 atom stereocenters. The van der Waals surface area contributed by atoms with E-state index in [0.29, 0.717) is 11.0 Å². The average Bonchev–Trinajstić information content (AvgIpc) is 2.72. The van der Waals surface area contributed by atoms with Gasteiger partial charge in [-0.25, -0.2) is 4.98 Å². The maximum absolute atomic E-state index is 13.2. The van der Waals surface area contributed by atoms with Gasteiger partial charge >= 0.3 is 6.18 Å². The van der Waals surface area contributed by atoms with E-state index in [9.17, 15) is 13.2 Å². The molecule has 0 aliphatic heterocycles. The first-order valence-electron chi connectivity index (χ1n) is 6.29. The molecule has 21 heavy (non-hydrogen) atoms. The van der Waals surface area contributed by atoms with Crippen LogP contribution in [0.5, 0.6) is 0 Å². The number of nitrogens with two attached hydrogens (primary N) is 1. The maximum atomic E-state index is 13.2. The van der Waals surface area contributed by atoms with Crippen molar-refractivity contribution < 1.29 is 13.2 Å². The molecule has 3 rings (SSSR count). The number of aromatic nitrogens is 2. The summed E-state index contributed by atoms with van der Waals surface area (Å²) in [5.41, 5.74) is 7.17. The average molecular weight is 291 g/mol. The first-order chi connectivity index (χ1) is 9.88. The van der Waals surface area contributed by atoms with Crippen molar-refractivity contribution in [2.24, 2.45) is 0 Å². The molecule has 2 aromatic carbocycles. The fourth-order valence-corrected chi connectivity index (χ4v) is 2.37. The number of rotatable bonds is 1. The number of benzene rings is 2. The molecule has 0 spiro atoms. The van der Waals surface area contributed by atoms with Gasteiger partial charge in [0.25, 0.3) is 0 Å². The highest BCUT2D eigenvalue weighted by molar-refractivity contribution is 5.81. The summed E-state index contributed by atoms with van der Waals surface area (Å²) in [6.07, 6.45) is -4.45. The normalized spacial score (nSPS) is 12.0. The third kappa shape index (κ3) is 2.22. The molecule has 0 unspecified atom stereocenters. The quantitative estimate of drug-likeness (QED) is 0.738. The molecule has 1 aromatic heterocycles. The Hall–Kier alpha value is -2.50. The Bertz CT molecular complexity index is 819. The topological polar surface area (TPSA) is 43.8 Å². The minimum Gasteiger partial charge on any atom is -0.369 e. The monoisotopic (exact) mass is 291 g/mol. The summed E-state index contributed by atoms with van der Waals surface area (Å²) in [7, 11) is 0.